The first-order valence-corrected chi connectivity index (χ1v) is 5.38. The molecule has 0 atom stereocenters. The molecule has 0 aliphatic rings. The summed E-state index contributed by atoms with van der Waals surface area (Å²) in [6.07, 6.45) is 2.64. The largest absolute Gasteiger partial charge is 0.477 e. The summed E-state index contributed by atoms with van der Waals surface area (Å²) in [4.78, 5) is 20.4. The first-order valence-electron chi connectivity index (χ1n) is 4.50. The Hall–Kier alpha value is -1.95. The van der Waals surface area contributed by atoms with Crippen LogP contribution in [-0.2, 0) is 0 Å². The van der Waals surface area contributed by atoms with Gasteiger partial charge in [0.25, 0.3) is 0 Å². The van der Waals surface area contributed by atoms with Gasteiger partial charge in [0, 0.05) is 13.2 Å². The number of hydrogen-bond donors (Lipinski definition) is 1. The Labute approximate surface area is 96.0 Å². The van der Waals surface area contributed by atoms with Gasteiger partial charge in [-0.05, 0) is 17.5 Å². The Morgan fingerprint density at radius 2 is 2.38 bits per heavy atom. The number of carboxylic acid groups (broad SMARTS) is 1. The highest BCUT2D eigenvalue weighted by atomic mass is 32.1. The number of carbonyl (C=O) groups is 1. The van der Waals surface area contributed by atoms with Crippen LogP contribution in [0.3, 0.4) is 0 Å². The molecule has 2 aromatic heterocycles. The summed E-state index contributed by atoms with van der Waals surface area (Å²) in [6.45, 7) is 0. The third-order valence-electron chi connectivity index (χ3n) is 2.08. The molecule has 5 nitrogen and oxygen atoms in total. The minimum absolute atomic E-state index is 0.0957. The van der Waals surface area contributed by atoms with Crippen molar-refractivity contribution in [2.45, 2.75) is 0 Å². The van der Waals surface area contributed by atoms with Gasteiger partial charge in [-0.3, -0.25) is 0 Å². The lowest BCUT2D eigenvalue weighted by Gasteiger charge is -2.17. The van der Waals surface area contributed by atoms with Gasteiger partial charge in [-0.15, -0.1) is 11.3 Å². The first-order chi connectivity index (χ1) is 7.70. The summed E-state index contributed by atoms with van der Waals surface area (Å²) >= 11 is 1.52. The SMILES string of the molecule is CN(c1cccs1)c1ncncc1C(=O)O. The quantitative estimate of drug-likeness (QED) is 0.881. The van der Waals surface area contributed by atoms with Crippen LogP contribution in [0.25, 0.3) is 0 Å². The highest BCUT2D eigenvalue weighted by Crippen LogP contribution is 2.28. The van der Waals surface area contributed by atoms with E-state index in [1.54, 1.807) is 11.9 Å². The highest BCUT2D eigenvalue weighted by molar-refractivity contribution is 7.14. The fraction of sp³-hybridized carbons (Fsp3) is 0.100. The van der Waals surface area contributed by atoms with Crippen molar-refractivity contribution in [3.63, 3.8) is 0 Å². The molecule has 0 fully saturated rings. The van der Waals surface area contributed by atoms with Crippen LogP contribution in [-0.4, -0.2) is 28.1 Å². The second-order valence-electron chi connectivity index (χ2n) is 3.08. The zero-order chi connectivity index (χ0) is 11.5. The number of aromatic nitrogens is 2. The van der Waals surface area contributed by atoms with Crippen molar-refractivity contribution in [2.75, 3.05) is 11.9 Å². The fourth-order valence-corrected chi connectivity index (χ4v) is 2.00. The van der Waals surface area contributed by atoms with Gasteiger partial charge in [0.15, 0.2) is 5.82 Å². The van der Waals surface area contributed by atoms with E-state index in [1.165, 1.54) is 23.9 Å². The second kappa shape index (κ2) is 4.28. The van der Waals surface area contributed by atoms with Gasteiger partial charge in [-0.25, -0.2) is 14.8 Å². The molecule has 82 valence electrons. The van der Waals surface area contributed by atoms with Crippen molar-refractivity contribution >= 4 is 28.1 Å². The van der Waals surface area contributed by atoms with Gasteiger partial charge in [-0.2, -0.15) is 0 Å². The maximum Gasteiger partial charge on any atom is 0.341 e. The van der Waals surface area contributed by atoms with Crippen molar-refractivity contribution in [1.82, 2.24) is 9.97 Å². The minimum Gasteiger partial charge on any atom is -0.477 e. The Morgan fingerprint density at radius 3 is 3.00 bits per heavy atom. The molecule has 0 unspecified atom stereocenters. The molecule has 0 aliphatic heterocycles. The molecule has 16 heavy (non-hydrogen) atoms. The third-order valence-corrected chi connectivity index (χ3v) is 3.02. The van der Waals surface area contributed by atoms with Crippen LogP contribution >= 0.6 is 11.3 Å². The number of rotatable bonds is 3. The van der Waals surface area contributed by atoms with Gasteiger partial charge in [0.1, 0.15) is 11.9 Å². The van der Waals surface area contributed by atoms with Crippen LogP contribution in [0.15, 0.2) is 30.0 Å². The summed E-state index contributed by atoms with van der Waals surface area (Å²) in [6, 6.07) is 3.80. The van der Waals surface area contributed by atoms with Crippen molar-refractivity contribution in [1.29, 1.82) is 0 Å². The van der Waals surface area contributed by atoms with Gasteiger partial charge in [0.2, 0.25) is 0 Å². The summed E-state index contributed by atoms with van der Waals surface area (Å²) < 4.78 is 0. The lowest BCUT2D eigenvalue weighted by Crippen LogP contribution is -2.15. The topological polar surface area (TPSA) is 66.3 Å². The standard InChI is InChI=1S/C10H9N3O2S/c1-13(8-3-2-4-16-8)9-7(10(14)15)5-11-6-12-9/h2-6H,1H3,(H,14,15). The molecule has 0 aromatic carbocycles. The molecule has 6 heteroatoms. The summed E-state index contributed by atoms with van der Waals surface area (Å²) in [5.74, 6) is -0.635. The average molecular weight is 235 g/mol. The summed E-state index contributed by atoms with van der Waals surface area (Å²) in [5.41, 5.74) is 0.0957. The van der Waals surface area contributed by atoms with Crippen LogP contribution < -0.4 is 4.90 Å². The fourth-order valence-electron chi connectivity index (χ4n) is 1.31. The Kier molecular flexibility index (Phi) is 2.82. The van der Waals surface area contributed by atoms with E-state index in [4.69, 9.17) is 5.11 Å². The van der Waals surface area contributed by atoms with Crippen molar-refractivity contribution in [3.05, 3.63) is 35.6 Å². The molecule has 0 saturated carbocycles. The maximum absolute atomic E-state index is 11.0. The molecular formula is C10H9N3O2S. The third kappa shape index (κ3) is 1.87. The normalized spacial score (nSPS) is 10.1. The smallest absolute Gasteiger partial charge is 0.341 e. The molecule has 0 bridgehead atoms. The average Bonchev–Trinajstić information content (AvgIpc) is 2.81. The zero-order valence-corrected chi connectivity index (χ0v) is 9.31. The number of anilines is 2. The zero-order valence-electron chi connectivity index (χ0n) is 8.49. The summed E-state index contributed by atoms with van der Waals surface area (Å²) in [5, 5.41) is 11.9. The van der Waals surface area contributed by atoms with E-state index in [-0.39, 0.29) is 5.56 Å². The van der Waals surface area contributed by atoms with E-state index >= 15 is 0 Å². The van der Waals surface area contributed by atoms with Crippen molar-refractivity contribution in [3.8, 4) is 0 Å². The number of thiophene rings is 1. The molecule has 0 spiro atoms. The predicted molar refractivity (Wildman–Crippen MR) is 61.4 cm³/mol. The number of nitrogens with zero attached hydrogens (tertiary/aromatic N) is 3. The van der Waals surface area contributed by atoms with Crippen LogP contribution in [0, 0.1) is 0 Å². The number of carboxylic acids is 1. The lowest BCUT2D eigenvalue weighted by molar-refractivity contribution is 0.0697. The molecule has 2 aromatic rings. The molecule has 2 rings (SSSR count). The Bertz CT molecular complexity index is 499. The molecular weight excluding hydrogens is 226 g/mol. The monoisotopic (exact) mass is 235 g/mol. The lowest BCUT2D eigenvalue weighted by atomic mass is 10.3. The van der Waals surface area contributed by atoms with E-state index < -0.39 is 5.97 Å². The van der Waals surface area contributed by atoms with Crippen LogP contribution in [0.1, 0.15) is 10.4 Å². The summed E-state index contributed by atoms with van der Waals surface area (Å²) in [7, 11) is 1.78. The highest BCUT2D eigenvalue weighted by Gasteiger charge is 2.16. The molecule has 0 aliphatic carbocycles. The first kappa shape index (κ1) is 10.6. The molecule has 0 amide bonds. The number of hydrogen-bond acceptors (Lipinski definition) is 5. The van der Waals surface area contributed by atoms with Gasteiger partial charge >= 0.3 is 5.97 Å². The van der Waals surface area contributed by atoms with Crippen LogP contribution in [0.5, 0.6) is 0 Å². The van der Waals surface area contributed by atoms with Crippen molar-refractivity contribution < 1.29 is 9.90 Å². The second-order valence-corrected chi connectivity index (χ2v) is 4.00. The van der Waals surface area contributed by atoms with E-state index in [1.807, 2.05) is 17.5 Å². The van der Waals surface area contributed by atoms with Gasteiger partial charge < -0.3 is 10.0 Å². The van der Waals surface area contributed by atoms with Gasteiger partial charge in [-0.1, -0.05) is 0 Å². The number of aromatic carboxylic acids is 1. The molecule has 0 radical (unpaired) electrons. The minimum atomic E-state index is -1.03. The van der Waals surface area contributed by atoms with Crippen LogP contribution in [0.2, 0.25) is 0 Å². The van der Waals surface area contributed by atoms with Gasteiger partial charge in [0.05, 0.1) is 5.00 Å². The van der Waals surface area contributed by atoms with Crippen LogP contribution in [0.4, 0.5) is 10.8 Å². The Morgan fingerprint density at radius 1 is 1.56 bits per heavy atom. The Balaban J connectivity index is 2.44. The van der Waals surface area contributed by atoms with E-state index in [9.17, 15) is 4.79 Å². The maximum atomic E-state index is 11.0. The van der Waals surface area contributed by atoms with E-state index in [2.05, 4.69) is 9.97 Å². The van der Waals surface area contributed by atoms with E-state index in [0.29, 0.717) is 5.82 Å². The predicted octanol–water partition coefficient (Wildman–Crippen LogP) is 2.00. The molecule has 0 saturated heterocycles. The molecule has 2 heterocycles. The van der Waals surface area contributed by atoms with E-state index in [0.717, 1.165) is 5.00 Å². The van der Waals surface area contributed by atoms with Crippen molar-refractivity contribution in [2.24, 2.45) is 0 Å². The molecule has 1 N–H and O–H groups in total.